The van der Waals surface area contributed by atoms with Gasteiger partial charge in [0.15, 0.2) is 0 Å². The number of nitrogens with zero attached hydrogens (tertiary/aromatic N) is 1. The monoisotopic (exact) mass is 328 g/mol. The van der Waals surface area contributed by atoms with Crippen LogP contribution in [0.3, 0.4) is 0 Å². The van der Waals surface area contributed by atoms with Crippen LogP contribution in [-0.2, 0) is 9.59 Å². The Morgan fingerprint density at radius 2 is 1.68 bits per heavy atom. The molecule has 1 rings (SSSR count). The minimum absolute atomic E-state index is 0. The fraction of sp³-hybridized carbons (Fsp3) is 0.500. The highest BCUT2D eigenvalue weighted by atomic mass is 35.5. The molecule has 0 aliphatic heterocycles. The maximum Gasteiger partial charge on any atom is 0.317 e. The van der Waals surface area contributed by atoms with Crippen LogP contribution in [0.5, 0.6) is 0 Å². The van der Waals surface area contributed by atoms with Gasteiger partial charge in [0.1, 0.15) is 0 Å². The SMILES string of the molecule is CCCN(CC(=O)O)CC(=O)Nc1c(C)cc(C)cc1C.Cl. The van der Waals surface area contributed by atoms with Crippen molar-refractivity contribution >= 4 is 30.0 Å². The number of hydrogen-bond donors (Lipinski definition) is 2. The molecule has 0 aromatic heterocycles. The van der Waals surface area contributed by atoms with Crippen molar-refractivity contribution in [3.05, 3.63) is 28.8 Å². The zero-order chi connectivity index (χ0) is 16.0. The molecule has 22 heavy (non-hydrogen) atoms. The molecule has 124 valence electrons. The van der Waals surface area contributed by atoms with E-state index in [4.69, 9.17) is 5.11 Å². The molecule has 2 N–H and O–H groups in total. The third-order valence-corrected chi connectivity index (χ3v) is 3.21. The number of carboxylic acids is 1. The van der Waals surface area contributed by atoms with Gasteiger partial charge in [-0.3, -0.25) is 14.5 Å². The van der Waals surface area contributed by atoms with Crippen LogP contribution in [0.25, 0.3) is 0 Å². The van der Waals surface area contributed by atoms with Crippen LogP contribution in [0.1, 0.15) is 30.0 Å². The molecule has 1 amide bonds. The number of anilines is 1. The molecule has 0 atom stereocenters. The first-order valence-corrected chi connectivity index (χ1v) is 7.15. The standard InChI is InChI=1S/C16H24N2O3.ClH/c1-5-6-18(10-15(20)21)9-14(19)17-16-12(3)7-11(2)8-13(16)4;/h7-8H,5-6,9-10H2,1-4H3,(H,17,19)(H,20,21);1H. The molecule has 0 bridgehead atoms. The summed E-state index contributed by atoms with van der Waals surface area (Å²) in [5.41, 5.74) is 4.00. The smallest absolute Gasteiger partial charge is 0.317 e. The lowest BCUT2D eigenvalue weighted by Gasteiger charge is -2.20. The molecule has 0 unspecified atom stereocenters. The first-order valence-electron chi connectivity index (χ1n) is 7.15. The van der Waals surface area contributed by atoms with Crippen molar-refractivity contribution < 1.29 is 14.7 Å². The topological polar surface area (TPSA) is 69.6 Å². The van der Waals surface area contributed by atoms with Crippen molar-refractivity contribution in [2.24, 2.45) is 0 Å². The first kappa shape index (κ1) is 20.4. The molecule has 0 aliphatic rings. The third-order valence-electron chi connectivity index (χ3n) is 3.21. The Balaban J connectivity index is 0.00000441. The fourth-order valence-electron chi connectivity index (χ4n) is 2.48. The highest BCUT2D eigenvalue weighted by Gasteiger charge is 2.14. The molecule has 1 aromatic carbocycles. The Morgan fingerprint density at radius 1 is 1.14 bits per heavy atom. The molecule has 0 saturated carbocycles. The van der Waals surface area contributed by atoms with Gasteiger partial charge in [-0.15, -0.1) is 12.4 Å². The normalized spacial score (nSPS) is 10.2. The van der Waals surface area contributed by atoms with E-state index in [1.807, 2.05) is 39.8 Å². The zero-order valence-electron chi connectivity index (χ0n) is 13.6. The molecule has 0 radical (unpaired) electrons. The average molecular weight is 329 g/mol. The summed E-state index contributed by atoms with van der Waals surface area (Å²) in [4.78, 5) is 24.6. The van der Waals surface area contributed by atoms with Crippen LogP contribution in [0.4, 0.5) is 5.69 Å². The number of carboxylic acid groups (broad SMARTS) is 1. The van der Waals surface area contributed by atoms with Gasteiger partial charge in [0.05, 0.1) is 13.1 Å². The lowest BCUT2D eigenvalue weighted by atomic mass is 10.1. The summed E-state index contributed by atoms with van der Waals surface area (Å²) in [6.07, 6.45) is 0.809. The molecule has 6 heteroatoms. The molecule has 5 nitrogen and oxygen atoms in total. The van der Waals surface area contributed by atoms with Crippen molar-refractivity contribution in [1.29, 1.82) is 0 Å². The number of amides is 1. The number of aliphatic carboxylic acids is 1. The van der Waals surface area contributed by atoms with E-state index < -0.39 is 5.97 Å². The van der Waals surface area contributed by atoms with Crippen LogP contribution in [0.2, 0.25) is 0 Å². The lowest BCUT2D eigenvalue weighted by Crippen LogP contribution is -2.37. The predicted octanol–water partition coefficient (Wildman–Crippen LogP) is 2.77. The summed E-state index contributed by atoms with van der Waals surface area (Å²) in [6.45, 7) is 8.45. The lowest BCUT2D eigenvalue weighted by molar-refractivity contribution is -0.138. The van der Waals surface area contributed by atoms with Gasteiger partial charge in [0, 0.05) is 5.69 Å². The zero-order valence-corrected chi connectivity index (χ0v) is 14.4. The third kappa shape index (κ3) is 6.45. The number of rotatable bonds is 7. The molecule has 0 heterocycles. The van der Waals surface area contributed by atoms with Gasteiger partial charge < -0.3 is 10.4 Å². The second-order valence-electron chi connectivity index (χ2n) is 5.43. The van der Waals surface area contributed by atoms with E-state index in [1.165, 1.54) is 0 Å². The van der Waals surface area contributed by atoms with E-state index in [9.17, 15) is 9.59 Å². The Bertz CT molecular complexity index is 509. The van der Waals surface area contributed by atoms with Crippen LogP contribution in [0, 0.1) is 20.8 Å². The van der Waals surface area contributed by atoms with Crippen LogP contribution < -0.4 is 5.32 Å². The quantitative estimate of drug-likeness (QED) is 0.807. The van der Waals surface area contributed by atoms with E-state index >= 15 is 0 Å². The maximum absolute atomic E-state index is 12.1. The number of halogens is 1. The Hall–Kier alpha value is -1.59. The molecule has 0 aliphatic carbocycles. The van der Waals surface area contributed by atoms with Crippen LogP contribution in [0.15, 0.2) is 12.1 Å². The highest BCUT2D eigenvalue weighted by molar-refractivity contribution is 5.94. The minimum atomic E-state index is -0.918. The number of carbonyl (C=O) groups is 2. The van der Waals surface area contributed by atoms with Crippen molar-refractivity contribution in [3.8, 4) is 0 Å². The van der Waals surface area contributed by atoms with Gasteiger partial charge in [-0.1, -0.05) is 24.6 Å². The number of aryl methyl sites for hydroxylation is 3. The number of benzene rings is 1. The Morgan fingerprint density at radius 3 is 2.14 bits per heavy atom. The van der Waals surface area contributed by atoms with Gasteiger partial charge in [-0.05, 0) is 44.9 Å². The molecule has 0 saturated heterocycles. The summed E-state index contributed by atoms with van der Waals surface area (Å²) in [5, 5.41) is 11.8. The van der Waals surface area contributed by atoms with E-state index in [-0.39, 0.29) is 31.4 Å². The summed E-state index contributed by atoms with van der Waals surface area (Å²) in [5.74, 6) is -1.10. The van der Waals surface area contributed by atoms with Crippen molar-refractivity contribution in [3.63, 3.8) is 0 Å². The van der Waals surface area contributed by atoms with Crippen LogP contribution >= 0.6 is 12.4 Å². The fourth-order valence-corrected chi connectivity index (χ4v) is 2.48. The first-order chi connectivity index (χ1) is 9.83. The van der Waals surface area contributed by atoms with E-state index in [1.54, 1.807) is 4.90 Å². The molecule has 1 aromatic rings. The van der Waals surface area contributed by atoms with Gasteiger partial charge >= 0.3 is 5.97 Å². The maximum atomic E-state index is 12.1. The Labute approximate surface area is 138 Å². The van der Waals surface area contributed by atoms with E-state index in [2.05, 4.69) is 5.32 Å². The number of hydrogen-bond acceptors (Lipinski definition) is 3. The summed E-state index contributed by atoms with van der Waals surface area (Å²) >= 11 is 0. The highest BCUT2D eigenvalue weighted by Crippen LogP contribution is 2.21. The largest absolute Gasteiger partial charge is 0.480 e. The van der Waals surface area contributed by atoms with Gasteiger partial charge in [0.25, 0.3) is 0 Å². The van der Waals surface area contributed by atoms with Gasteiger partial charge in [0.2, 0.25) is 5.91 Å². The Kier molecular flexibility index (Phi) is 8.75. The van der Waals surface area contributed by atoms with E-state index in [0.29, 0.717) is 6.54 Å². The summed E-state index contributed by atoms with van der Waals surface area (Å²) in [7, 11) is 0. The van der Waals surface area contributed by atoms with E-state index in [0.717, 1.165) is 28.8 Å². The second-order valence-corrected chi connectivity index (χ2v) is 5.43. The molecule has 0 spiro atoms. The van der Waals surface area contributed by atoms with Gasteiger partial charge in [-0.25, -0.2) is 0 Å². The average Bonchev–Trinajstić information content (AvgIpc) is 2.33. The van der Waals surface area contributed by atoms with Crippen molar-refractivity contribution in [1.82, 2.24) is 4.90 Å². The molecular weight excluding hydrogens is 304 g/mol. The number of nitrogens with one attached hydrogen (secondary N) is 1. The number of carbonyl (C=O) groups excluding carboxylic acids is 1. The minimum Gasteiger partial charge on any atom is -0.480 e. The molecular formula is C16H25ClN2O3. The summed E-state index contributed by atoms with van der Waals surface area (Å²) < 4.78 is 0. The van der Waals surface area contributed by atoms with Crippen LogP contribution in [-0.4, -0.2) is 41.5 Å². The molecule has 0 fully saturated rings. The second kappa shape index (κ2) is 9.43. The predicted molar refractivity (Wildman–Crippen MR) is 90.9 cm³/mol. The van der Waals surface area contributed by atoms with Crippen molar-refractivity contribution in [2.75, 3.05) is 25.0 Å². The van der Waals surface area contributed by atoms with Crippen molar-refractivity contribution in [2.45, 2.75) is 34.1 Å². The van der Waals surface area contributed by atoms with Gasteiger partial charge in [-0.2, -0.15) is 0 Å². The summed E-state index contributed by atoms with van der Waals surface area (Å²) in [6, 6.07) is 4.04.